The number of amides is 1. The third kappa shape index (κ3) is 6.56. The van der Waals surface area contributed by atoms with Gasteiger partial charge < -0.3 is 9.64 Å². The van der Waals surface area contributed by atoms with E-state index in [2.05, 4.69) is 4.72 Å². The normalized spacial score (nSPS) is 15.1. The molecule has 1 amide bonds. The van der Waals surface area contributed by atoms with Crippen molar-refractivity contribution in [2.75, 3.05) is 7.05 Å². The van der Waals surface area contributed by atoms with E-state index in [4.69, 9.17) is 10.1 Å². The zero-order valence-corrected chi connectivity index (χ0v) is 22.4. The molecule has 3 aromatic rings. The molecule has 1 aliphatic rings. The Kier molecular flexibility index (Phi) is 8.29. The van der Waals surface area contributed by atoms with Gasteiger partial charge in [-0.1, -0.05) is 55.3 Å². The van der Waals surface area contributed by atoms with E-state index in [-0.39, 0.29) is 35.3 Å². The highest BCUT2D eigenvalue weighted by molar-refractivity contribution is 7.89. The summed E-state index contributed by atoms with van der Waals surface area (Å²) < 4.78 is 35.1. The number of likely N-dealkylation sites (N-methyl/N-ethyl adjacent to an activating group) is 1. The number of carbonyl (C=O) groups excluding carboxylic acids is 1. The molecule has 1 saturated carbocycles. The lowest BCUT2D eigenvalue weighted by molar-refractivity contribution is -0.133. The van der Waals surface area contributed by atoms with Gasteiger partial charge in [-0.2, -0.15) is 4.72 Å². The zero-order chi connectivity index (χ0) is 26.6. The second-order valence-electron chi connectivity index (χ2n) is 9.97. The number of fused-ring (bicyclic) bond motifs is 1. The summed E-state index contributed by atoms with van der Waals surface area (Å²) in [5.41, 5.74) is 1.42. The Morgan fingerprint density at radius 2 is 1.68 bits per heavy atom. The van der Waals surface area contributed by atoms with Gasteiger partial charge in [0.1, 0.15) is 6.04 Å². The van der Waals surface area contributed by atoms with Gasteiger partial charge in [0, 0.05) is 18.7 Å². The van der Waals surface area contributed by atoms with Crippen LogP contribution >= 0.6 is 0 Å². The van der Waals surface area contributed by atoms with Gasteiger partial charge in [0.15, 0.2) is 0 Å². The first-order valence-corrected chi connectivity index (χ1v) is 14.2. The van der Waals surface area contributed by atoms with Crippen LogP contribution in [0.25, 0.3) is 10.8 Å². The van der Waals surface area contributed by atoms with E-state index in [1.807, 2.05) is 50.2 Å². The Morgan fingerprint density at radius 3 is 2.32 bits per heavy atom. The van der Waals surface area contributed by atoms with Crippen molar-refractivity contribution in [1.29, 1.82) is 5.41 Å². The van der Waals surface area contributed by atoms with Gasteiger partial charge in [0.25, 0.3) is 0 Å². The van der Waals surface area contributed by atoms with Crippen molar-refractivity contribution in [3.63, 3.8) is 0 Å². The van der Waals surface area contributed by atoms with Crippen molar-refractivity contribution < 1.29 is 17.9 Å². The van der Waals surface area contributed by atoms with Gasteiger partial charge in [-0.05, 0) is 73.7 Å². The fourth-order valence-electron chi connectivity index (χ4n) is 4.82. The predicted molar refractivity (Wildman–Crippen MR) is 146 cm³/mol. The molecule has 8 heteroatoms. The summed E-state index contributed by atoms with van der Waals surface area (Å²) in [6, 6.07) is 18.9. The monoisotopic (exact) mass is 521 g/mol. The number of sulfonamides is 1. The van der Waals surface area contributed by atoms with Crippen LogP contribution in [0.4, 0.5) is 0 Å². The van der Waals surface area contributed by atoms with E-state index in [0.717, 1.165) is 42.0 Å². The largest absolute Gasteiger partial charge is 0.475 e. The molecule has 0 heterocycles. The molecule has 0 aromatic heterocycles. The highest BCUT2D eigenvalue weighted by atomic mass is 32.2. The van der Waals surface area contributed by atoms with Crippen molar-refractivity contribution in [3.8, 4) is 0 Å². The third-order valence-electron chi connectivity index (χ3n) is 6.86. The summed E-state index contributed by atoms with van der Waals surface area (Å²) in [5, 5.41) is 9.85. The van der Waals surface area contributed by atoms with Crippen LogP contribution in [0.2, 0.25) is 0 Å². The molecule has 0 aliphatic heterocycles. The summed E-state index contributed by atoms with van der Waals surface area (Å²) in [4.78, 5) is 15.4. The van der Waals surface area contributed by atoms with Gasteiger partial charge in [0.05, 0.1) is 11.0 Å². The summed E-state index contributed by atoms with van der Waals surface area (Å²) in [5.74, 6) is -0.164. The number of benzene rings is 3. The van der Waals surface area contributed by atoms with Gasteiger partial charge in [-0.25, -0.2) is 8.42 Å². The van der Waals surface area contributed by atoms with Crippen LogP contribution in [0.15, 0.2) is 71.6 Å². The summed E-state index contributed by atoms with van der Waals surface area (Å²) in [6.45, 7) is 3.73. The first-order valence-electron chi connectivity index (χ1n) is 12.8. The average molecular weight is 522 g/mol. The molecule has 0 bridgehead atoms. The number of hydrogen-bond donors (Lipinski definition) is 2. The Balaban J connectivity index is 1.59. The smallest absolute Gasteiger partial charge is 0.241 e. The number of ether oxygens (including phenoxy) is 1. The maximum atomic E-state index is 13.6. The lowest BCUT2D eigenvalue weighted by Crippen LogP contribution is -2.50. The minimum Gasteiger partial charge on any atom is -0.475 e. The minimum absolute atomic E-state index is 0.0761. The highest BCUT2D eigenvalue weighted by Crippen LogP contribution is 2.24. The van der Waals surface area contributed by atoms with Crippen LogP contribution in [-0.4, -0.2) is 50.4 Å². The first kappa shape index (κ1) is 26.8. The van der Waals surface area contributed by atoms with E-state index >= 15 is 0 Å². The van der Waals surface area contributed by atoms with E-state index in [1.165, 1.54) is 0 Å². The predicted octanol–water partition coefficient (Wildman–Crippen LogP) is 4.88. The van der Waals surface area contributed by atoms with Crippen molar-refractivity contribution in [2.24, 2.45) is 0 Å². The van der Waals surface area contributed by atoms with Gasteiger partial charge in [0.2, 0.25) is 21.8 Å². The Morgan fingerprint density at radius 1 is 1.03 bits per heavy atom. The van der Waals surface area contributed by atoms with E-state index < -0.39 is 16.1 Å². The van der Waals surface area contributed by atoms with Gasteiger partial charge >= 0.3 is 0 Å². The maximum absolute atomic E-state index is 13.6. The standard InChI is InChI=1S/C29H35N3O4S/c1-20(2)36-28(30)23-14-12-21(13-15-23)18-27(29(33)32(3)25-10-6-7-11-25)31-37(34,35)26-17-16-22-8-4-5-9-24(22)19-26/h4-5,8-9,12-17,19-20,25,27,30-31H,6-7,10-11,18H2,1-3H3/t27-/m0/s1. The average Bonchev–Trinajstić information content (AvgIpc) is 3.42. The van der Waals surface area contributed by atoms with E-state index in [0.29, 0.717) is 5.56 Å². The molecule has 3 aromatic carbocycles. The topological polar surface area (TPSA) is 99.6 Å². The molecule has 1 aliphatic carbocycles. The Labute approximate surface area is 219 Å². The van der Waals surface area contributed by atoms with Crippen LogP contribution in [0.1, 0.15) is 50.7 Å². The number of rotatable bonds is 9. The van der Waals surface area contributed by atoms with Crippen molar-refractivity contribution >= 4 is 32.6 Å². The van der Waals surface area contributed by atoms with Crippen molar-refractivity contribution in [2.45, 2.75) is 69.0 Å². The molecular weight excluding hydrogens is 486 g/mol. The molecule has 196 valence electrons. The molecule has 2 N–H and O–H groups in total. The molecule has 0 radical (unpaired) electrons. The lowest BCUT2D eigenvalue weighted by atomic mass is 10.0. The minimum atomic E-state index is -3.96. The van der Waals surface area contributed by atoms with E-state index in [9.17, 15) is 13.2 Å². The molecule has 37 heavy (non-hydrogen) atoms. The van der Waals surface area contributed by atoms with E-state index in [1.54, 1.807) is 42.3 Å². The second kappa shape index (κ2) is 11.4. The van der Waals surface area contributed by atoms with Crippen molar-refractivity contribution in [3.05, 3.63) is 77.9 Å². The van der Waals surface area contributed by atoms with Crippen molar-refractivity contribution in [1.82, 2.24) is 9.62 Å². The van der Waals surface area contributed by atoms with Crippen LogP contribution in [0.3, 0.4) is 0 Å². The lowest BCUT2D eigenvalue weighted by Gasteiger charge is -2.29. The number of hydrogen-bond acceptors (Lipinski definition) is 5. The highest BCUT2D eigenvalue weighted by Gasteiger charge is 2.32. The summed E-state index contributed by atoms with van der Waals surface area (Å²) in [6.07, 6.45) is 4.09. The Hall–Kier alpha value is -3.23. The SMILES string of the molecule is CC(C)OC(=N)c1ccc(C[C@H](NS(=O)(=O)c2ccc3ccccc3c2)C(=O)N(C)C2CCCC2)cc1. The second-order valence-corrected chi connectivity index (χ2v) is 11.7. The van der Waals surface area contributed by atoms with Gasteiger partial charge in [-0.15, -0.1) is 0 Å². The zero-order valence-electron chi connectivity index (χ0n) is 21.6. The molecule has 4 rings (SSSR count). The molecule has 7 nitrogen and oxygen atoms in total. The van der Waals surface area contributed by atoms with Crippen LogP contribution < -0.4 is 4.72 Å². The van der Waals surface area contributed by atoms with Crippen LogP contribution in [0, 0.1) is 5.41 Å². The van der Waals surface area contributed by atoms with Crippen LogP contribution in [0.5, 0.6) is 0 Å². The number of carbonyl (C=O) groups is 1. The third-order valence-corrected chi connectivity index (χ3v) is 8.33. The fourth-order valence-corrected chi connectivity index (χ4v) is 6.04. The molecule has 0 spiro atoms. The molecule has 0 unspecified atom stereocenters. The number of nitrogens with zero attached hydrogens (tertiary/aromatic N) is 1. The number of nitrogens with one attached hydrogen (secondary N) is 2. The molecule has 0 saturated heterocycles. The maximum Gasteiger partial charge on any atom is 0.241 e. The molecular formula is C29H35N3O4S. The molecule has 1 atom stereocenters. The van der Waals surface area contributed by atoms with Crippen LogP contribution in [-0.2, 0) is 26.0 Å². The fraction of sp³-hybridized carbons (Fsp3) is 0.379. The Bertz CT molecular complexity index is 1360. The summed E-state index contributed by atoms with van der Waals surface area (Å²) in [7, 11) is -2.19. The summed E-state index contributed by atoms with van der Waals surface area (Å²) >= 11 is 0. The quantitative estimate of drug-likeness (QED) is 0.310. The first-order chi connectivity index (χ1) is 17.6. The molecule has 1 fully saturated rings. The van der Waals surface area contributed by atoms with Gasteiger partial charge in [-0.3, -0.25) is 10.2 Å².